The van der Waals surface area contributed by atoms with Gasteiger partial charge in [-0.1, -0.05) is 21.6 Å². The normalized spacial score (nSPS) is 24.8. The largest absolute Gasteiger partial charge is 0.481 e. The maximum Gasteiger partial charge on any atom is 0.327 e. The Morgan fingerprint density at radius 3 is 2.22 bits per heavy atom. The molecule has 1 saturated heterocycles. The van der Waals surface area contributed by atoms with Crippen LogP contribution in [0.2, 0.25) is 0 Å². The molecule has 0 spiro atoms. The van der Waals surface area contributed by atoms with Gasteiger partial charge in [0.15, 0.2) is 5.96 Å². The zero-order valence-electron chi connectivity index (χ0n) is 19.1. The Kier molecular flexibility index (Phi) is 13.4. The van der Waals surface area contributed by atoms with Crippen molar-refractivity contribution in [2.24, 2.45) is 22.2 Å². The number of nitrogens with one attached hydrogen (secondary N) is 4. The number of aliphatic carboxylic acids is 2. The SMILES string of the molecule is NC(N)=NCCCC1NC(=O)CNC(=O)C(CC(=O)O)NC(=O)C(N)CSSCC(C(=O)O)NC1=O. The van der Waals surface area contributed by atoms with Crippen LogP contribution in [0.25, 0.3) is 0 Å². The number of carbonyl (C=O) groups excluding carboxylic acids is 4. The number of hydrogen-bond acceptors (Lipinski definition) is 10. The van der Waals surface area contributed by atoms with E-state index in [1.165, 1.54) is 0 Å². The van der Waals surface area contributed by atoms with E-state index in [9.17, 15) is 33.9 Å². The van der Waals surface area contributed by atoms with Crippen molar-refractivity contribution in [3.8, 4) is 0 Å². The highest BCUT2D eigenvalue weighted by Crippen LogP contribution is 2.23. The van der Waals surface area contributed by atoms with Crippen LogP contribution in [0.4, 0.5) is 0 Å². The predicted molar refractivity (Wildman–Crippen MR) is 131 cm³/mol. The van der Waals surface area contributed by atoms with Gasteiger partial charge in [0, 0.05) is 18.1 Å². The first-order chi connectivity index (χ1) is 16.9. The van der Waals surface area contributed by atoms with E-state index in [1.54, 1.807) is 0 Å². The van der Waals surface area contributed by atoms with Gasteiger partial charge in [-0.25, -0.2) is 4.79 Å². The van der Waals surface area contributed by atoms with Crippen molar-refractivity contribution in [2.45, 2.75) is 43.4 Å². The number of carboxylic acids is 2. The van der Waals surface area contributed by atoms with Crippen LogP contribution in [-0.4, -0.2) is 101 Å². The van der Waals surface area contributed by atoms with Crippen molar-refractivity contribution in [2.75, 3.05) is 24.6 Å². The van der Waals surface area contributed by atoms with Crippen molar-refractivity contribution in [3.05, 3.63) is 0 Å². The Morgan fingerprint density at radius 2 is 1.61 bits per heavy atom. The van der Waals surface area contributed by atoms with E-state index in [4.69, 9.17) is 22.3 Å². The minimum absolute atomic E-state index is 0.00561. The molecule has 1 fully saturated rings. The molecule has 202 valence electrons. The number of carboxylic acid groups (broad SMARTS) is 2. The van der Waals surface area contributed by atoms with Gasteiger partial charge in [0.2, 0.25) is 23.6 Å². The topological polar surface area (TPSA) is 281 Å². The summed E-state index contributed by atoms with van der Waals surface area (Å²) < 4.78 is 0. The van der Waals surface area contributed by atoms with Crippen molar-refractivity contribution in [3.63, 3.8) is 0 Å². The summed E-state index contributed by atoms with van der Waals surface area (Å²) in [7, 11) is 2.09. The quantitative estimate of drug-likeness (QED) is 0.0631. The van der Waals surface area contributed by atoms with Gasteiger partial charge in [-0.3, -0.25) is 29.0 Å². The average Bonchev–Trinajstić information content (AvgIpc) is 2.79. The molecule has 1 aliphatic rings. The summed E-state index contributed by atoms with van der Waals surface area (Å²) in [6, 6.07) is -5.13. The van der Waals surface area contributed by atoms with Crippen molar-refractivity contribution >= 4 is 63.1 Å². The highest BCUT2D eigenvalue weighted by molar-refractivity contribution is 8.76. The molecule has 1 aliphatic heterocycles. The average molecular weight is 551 g/mol. The van der Waals surface area contributed by atoms with E-state index >= 15 is 0 Å². The van der Waals surface area contributed by atoms with Gasteiger partial charge in [0.05, 0.1) is 19.0 Å². The van der Waals surface area contributed by atoms with Crippen molar-refractivity contribution < 1.29 is 39.0 Å². The predicted octanol–water partition coefficient (Wildman–Crippen LogP) is -4.11. The summed E-state index contributed by atoms with van der Waals surface area (Å²) in [4.78, 5) is 76.4. The molecular formula is C18H30N8O8S2. The van der Waals surface area contributed by atoms with E-state index in [0.29, 0.717) is 0 Å². The molecule has 12 N–H and O–H groups in total. The molecule has 4 atom stereocenters. The summed E-state index contributed by atoms with van der Waals surface area (Å²) in [5.74, 6) is -6.28. The molecule has 0 aliphatic carbocycles. The van der Waals surface area contributed by atoms with Gasteiger partial charge >= 0.3 is 11.9 Å². The van der Waals surface area contributed by atoms with Crippen LogP contribution in [0.1, 0.15) is 19.3 Å². The Bertz CT molecular complexity index is 870. The number of nitrogens with two attached hydrogens (primary N) is 3. The van der Waals surface area contributed by atoms with Gasteiger partial charge < -0.3 is 48.7 Å². The standard InChI is InChI=1S/C18H30N8O8S2/c19-8-6-35-36-7-11(17(33)34)26-16(32)9(2-1-3-22-18(20)21)24-12(27)5-23-15(31)10(4-13(28)29)25-14(8)30/h8-11H,1-7,19H2,(H,23,31)(H,24,27)(H,25,30)(H,26,32)(H,28,29)(H,33,34)(H4,20,21,22). The second-order valence-corrected chi connectivity index (χ2v) is 10.1. The molecule has 0 radical (unpaired) electrons. The van der Waals surface area contributed by atoms with Crippen LogP contribution in [0.3, 0.4) is 0 Å². The third-order valence-electron chi connectivity index (χ3n) is 4.55. The fourth-order valence-electron chi connectivity index (χ4n) is 2.73. The first kappa shape index (κ1) is 30.8. The summed E-state index contributed by atoms with van der Waals surface area (Å²) >= 11 is 0. The molecular weight excluding hydrogens is 520 g/mol. The molecule has 1 heterocycles. The highest BCUT2D eigenvalue weighted by atomic mass is 33.1. The van der Waals surface area contributed by atoms with E-state index in [0.717, 1.165) is 21.6 Å². The van der Waals surface area contributed by atoms with Crippen LogP contribution in [-0.2, 0) is 28.8 Å². The number of nitrogens with zero attached hydrogens (tertiary/aromatic N) is 1. The minimum Gasteiger partial charge on any atom is -0.481 e. The lowest BCUT2D eigenvalue weighted by atomic mass is 10.1. The fourth-order valence-corrected chi connectivity index (χ4v) is 5.01. The van der Waals surface area contributed by atoms with Crippen LogP contribution in [0.5, 0.6) is 0 Å². The second kappa shape index (κ2) is 15.7. The number of aliphatic imine (C=N–C) groups is 1. The monoisotopic (exact) mass is 550 g/mol. The van der Waals surface area contributed by atoms with E-state index in [-0.39, 0.29) is 36.9 Å². The first-order valence-corrected chi connectivity index (χ1v) is 13.1. The third-order valence-corrected chi connectivity index (χ3v) is 7.00. The Labute approximate surface area is 213 Å². The van der Waals surface area contributed by atoms with Crippen molar-refractivity contribution in [1.29, 1.82) is 0 Å². The number of guanidine groups is 1. The van der Waals surface area contributed by atoms with Gasteiger partial charge in [0.1, 0.15) is 18.1 Å². The zero-order chi connectivity index (χ0) is 27.3. The Balaban J connectivity index is 3.08. The van der Waals surface area contributed by atoms with Gasteiger partial charge in [-0.15, -0.1) is 0 Å². The second-order valence-electron chi connectivity index (χ2n) is 7.52. The highest BCUT2D eigenvalue weighted by Gasteiger charge is 2.29. The lowest BCUT2D eigenvalue weighted by molar-refractivity contribution is -0.141. The molecule has 0 aromatic heterocycles. The molecule has 0 bridgehead atoms. The lowest BCUT2D eigenvalue weighted by Gasteiger charge is -2.21. The van der Waals surface area contributed by atoms with Crippen LogP contribution < -0.4 is 38.5 Å². The van der Waals surface area contributed by atoms with E-state index < -0.39 is 72.7 Å². The van der Waals surface area contributed by atoms with Crippen LogP contribution in [0, 0.1) is 0 Å². The number of hydrogen-bond donors (Lipinski definition) is 9. The third kappa shape index (κ3) is 11.9. The summed E-state index contributed by atoms with van der Waals surface area (Å²) in [6.07, 6.45) is -0.456. The van der Waals surface area contributed by atoms with Gasteiger partial charge in [-0.05, 0) is 12.8 Å². The maximum absolute atomic E-state index is 12.8. The Hall–Kier alpha value is -3.25. The molecule has 1 rings (SSSR count). The number of rotatable bonds is 7. The molecule has 0 saturated carbocycles. The molecule has 18 heteroatoms. The van der Waals surface area contributed by atoms with E-state index in [1.807, 2.05) is 0 Å². The molecule has 0 aromatic carbocycles. The van der Waals surface area contributed by atoms with E-state index in [2.05, 4.69) is 26.3 Å². The molecule has 4 unspecified atom stereocenters. The maximum atomic E-state index is 12.8. The number of amides is 4. The summed E-state index contributed by atoms with van der Waals surface area (Å²) in [6.45, 7) is -0.507. The minimum atomic E-state index is -1.50. The molecule has 16 nitrogen and oxygen atoms in total. The zero-order valence-corrected chi connectivity index (χ0v) is 20.7. The first-order valence-electron chi connectivity index (χ1n) is 10.6. The molecule has 0 aromatic rings. The lowest BCUT2D eigenvalue weighted by Crippen LogP contribution is -2.55. The van der Waals surface area contributed by atoms with Crippen LogP contribution >= 0.6 is 21.6 Å². The van der Waals surface area contributed by atoms with Crippen LogP contribution in [0.15, 0.2) is 4.99 Å². The fraction of sp³-hybridized carbons (Fsp3) is 0.611. The summed E-state index contributed by atoms with van der Waals surface area (Å²) in [5.41, 5.74) is 16.3. The molecule has 4 amide bonds. The van der Waals surface area contributed by atoms with Gasteiger partial charge in [0.25, 0.3) is 0 Å². The van der Waals surface area contributed by atoms with Crippen molar-refractivity contribution in [1.82, 2.24) is 21.3 Å². The smallest absolute Gasteiger partial charge is 0.327 e. The Morgan fingerprint density at radius 1 is 0.944 bits per heavy atom. The molecule has 36 heavy (non-hydrogen) atoms. The number of carbonyl (C=O) groups is 6. The van der Waals surface area contributed by atoms with Gasteiger partial charge in [-0.2, -0.15) is 0 Å². The summed E-state index contributed by atoms with van der Waals surface area (Å²) in [5, 5.41) is 27.7.